The Kier molecular flexibility index (Phi) is 7.47. The van der Waals surface area contributed by atoms with Gasteiger partial charge in [-0.3, -0.25) is 9.89 Å². The quantitative estimate of drug-likeness (QED) is 0.419. The second-order valence-electron chi connectivity index (χ2n) is 6.92. The van der Waals surface area contributed by atoms with Crippen LogP contribution >= 0.6 is 0 Å². The Bertz CT molecular complexity index is 722. The van der Waals surface area contributed by atoms with Crippen molar-refractivity contribution in [1.29, 1.82) is 0 Å². The topological polar surface area (TPSA) is 66.7 Å². The molecule has 0 saturated carbocycles. The number of guanidine groups is 1. The third-order valence-corrected chi connectivity index (χ3v) is 4.92. The smallest absolute Gasteiger partial charge is 0.191 e. The Hall–Kier alpha value is -2.12. The Morgan fingerprint density at radius 3 is 2.89 bits per heavy atom. The van der Waals surface area contributed by atoms with Gasteiger partial charge in [0.15, 0.2) is 5.96 Å². The summed E-state index contributed by atoms with van der Waals surface area (Å²) in [6, 6.07) is 8.69. The summed E-state index contributed by atoms with van der Waals surface area (Å²) in [6.45, 7) is 11.5. The summed E-state index contributed by atoms with van der Waals surface area (Å²) in [5, 5.41) is 6.79. The SMILES string of the molecule is CCNC(=NCC(C)N1CCOCC1)NCCCn1cnc2ccccc21. The number of imidazole rings is 1. The number of aliphatic imine (C=N–C) groups is 1. The van der Waals surface area contributed by atoms with Gasteiger partial charge in [-0.15, -0.1) is 0 Å². The van der Waals surface area contributed by atoms with Crippen molar-refractivity contribution in [3.05, 3.63) is 30.6 Å². The Balaban J connectivity index is 1.44. The molecule has 2 heterocycles. The zero-order valence-corrected chi connectivity index (χ0v) is 16.5. The lowest BCUT2D eigenvalue weighted by atomic mass is 10.2. The first kappa shape index (κ1) is 19.6. The summed E-state index contributed by atoms with van der Waals surface area (Å²) < 4.78 is 7.64. The van der Waals surface area contributed by atoms with Gasteiger partial charge < -0.3 is 19.9 Å². The summed E-state index contributed by atoms with van der Waals surface area (Å²) in [6.07, 6.45) is 2.94. The van der Waals surface area contributed by atoms with Crippen molar-refractivity contribution in [2.45, 2.75) is 32.9 Å². The molecule has 7 heteroatoms. The first-order valence-corrected chi connectivity index (χ1v) is 10.0. The molecule has 3 rings (SSSR count). The van der Waals surface area contributed by atoms with Crippen LogP contribution in [-0.2, 0) is 11.3 Å². The molecule has 148 valence electrons. The molecule has 0 amide bonds. The average Bonchev–Trinajstić information content (AvgIpc) is 3.13. The summed E-state index contributed by atoms with van der Waals surface area (Å²) in [7, 11) is 0. The molecule has 1 atom stereocenters. The van der Waals surface area contributed by atoms with E-state index in [1.54, 1.807) is 0 Å². The molecule has 0 bridgehead atoms. The van der Waals surface area contributed by atoms with Gasteiger partial charge in [-0.05, 0) is 32.4 Å². The fourth-order valence-corrected chi connectivity index (χ4v) is 3.34. The minimum atomic E-state index is 0.432. The van der Waals surface area contributed by atoms with Crippen LogP contribution in [0.4, 0.5) is 0 Å². The van der Waals surface area contributed by atoms with E-state index >= 15 is 0 Å². The summed E-state index contributed by atoms with van der Waals surface area (Å²) in [5.74, 6) is 0.896. The van der Waals surface area contributed by atoms with Crippen molar-refractivity contribution < 1.29 is 4.74 Å². The van der Waals surface area contributed by atoms with Crippen LogP contribution < -0.4 is 10.6 Å². The van der Waals surface area contributed by atoms with Gasteiger partial charge >= 0.3 is 0 Å². The molecule has 0 radical (unpaired) electrons. The molecule has 7 nitrogen and oxygen atoms in total. The van der Waals surface area contributed by atoms with Crippen LogP contribution in [0.3, 0.4) is 0 Å². The number of aryl methyl sites for hydroxylation is 1. The molecule has 0 spiro atoms. The number of nitrogens with one attached hydrogen (secondary N) is 2. The van der Waals surface area contributed by atoms with Crippen LogP contribution in [0, 0.1) is 0 Å². The molecule has 2 aromatic rings. The van der Waals surface area contributed by atoms with Crippen molar-refractivity contribution >= 4 is 17.0 Å². The van der Waals surface area contributed by atoms with Crippen LogP contribution in [0.15, 0.2) is 35.6 Å². The zero-order chi connectivity index (χ0) is 18.9. The van der Waals surface area contributed by atoms with Gasteiger partial charge in [-0.1, -0.05) is 12.1 Å². The minimum absolute atomic E-state index is 0.432. The van der Waals surface area contributed by atoms with E-state index in [-0.39, 0.29) is 0 Å². The highest BCUT2D eigenvalue weighted by Gasteiger charge is 2.16. The van der Waals surface area contributed by atoms with E-state index in [0.29, 0.717) is 6.04 Å². The third kappa shape index (κ3) is 5.68. The highest BCUT2D eigenvalue weighted by Crippen LogP contribution is 2.11. The van der Waals surface area contributed by atoms with E-state index in [1.165, 1.54) is 5.52 Å². The number of morpholine rings is 1. The number of para-hydroxylation sites is 2. The highest BCUT2D eigenvalue weighted by atomic mass is 16.5. The maximum absolute atomic E-state index is 5.43. The number of fused-ring (bicyclic) bond motifs is 1. The second kappa shape index (κ2) is 10.3. The molecule has 1 aromatic heterocycles. The predicted molar refractivity (Wildman–Crippen MR) is 110 cm³/mol. The minimum Gasteiger partial charge on any atom is -0.379 e. The maximum Gasteiger partial charge on any atom is 0.191 e. The molecule has 1 aromatic carbocycles. The second-order valence-corrected chi connectivity index (χ2v) is 6.92. The third-order valence-electron chi connectivity index (χ3n) is 4.92. The molecular weight excluding hydrogens is 340 g/mol. The first-order chi connectivity index (χ1) is 13.3. The molecule has 1 saturated heterocycles. The Labute approximate surface area is 161 Å². The lowest BCUT2D eigenvalue weighted by Gasteiger charge is -2.31. The van der Waals surface area contributed by atoms with Crippen molar-refractivity contribution in [3.63, 3.8) is 0 Å². The van der Waals surface area contributed by atoms with Crippen LogP contribution in [-0.4, -0.2) is 72.4 Å². The number of nitrogens with zero attached hydrogens (tertiary/aromatic N) is 4. The summed E-state index contributed by atoms with van der Waals surface area (Å²) in [4.78, 5) is 11.7. The molecule has 2 N–H and O–H groups in total. The Morgan fingerprint density at radius 1 is 1.26 bits per heavy atom. The van der Waals surface area contributed by atoms with Crippen molar-refractivity contribution in [2.75, 3.05) is 45.9 Å². The molecule has 1 unspecified atom stereocenters. The Morgan fingerprint density at radius 2 is 2.07 bits per heavy atom. The first-order valence-electron chi connectivity index (χ1n) is 10.0. The number of aromatic nitrogens is 2. The molecule has 1 fully saturated rings. The van der Waals surface area contributed by atoms with E-state index < -0.39 is 0 Å². The van der Waals surface area contributed by atoms with E-state index in [4.69, 9.17) is 9.73 Å². The summed E-state index contributed by atoms with van der Waals surface area (Å²) >= 11 is 0. The van der Waals surface area contributed by atoms with E-state index in [2.05, 4.69) is 57.1 Å². The van der Waals surface area contributed by atoms with E-state index in [1.807, 2.05) is 12.4 Å². The number of rotatable bonds is 8. The predicted octanol–water partition coefficient (Wildman–Crippen LogP) is 1.70. The molecule has 0 aliphatic carbocycles. The van der Waals surface area contributed by atoms with Gasteiger partial charge in [-0.25, -0.2) is 4.98 Å². The van der Waals surface area contributed by atoms with Crippen LogP contribution in [0.25, 0.3) is 11.0 Å². The fraction of sp³-hybridized carbons (Fsp3) is 0.600. The monoisotopic (exact) mass is 372 g/mol. The standard InChI is InChI=1S/C20H32N6O/c1-3-21-20(23-15-17(2)25-11-13-27-14-12-25)22-9-6-10-26-16-24-18-7-4-5-8-19(18)26/h4-5,7-8,16-17H,3,6,9-15H2,1-2H3,(H2,21,22,23). The number of hydrogen-bond donors (Lipinski definition) is 2. The summed E-state index contributed by atoms with van der Waals surface area (Å²) in [5.41, 5.74) is 2.25. The van der Waals surface area contributed by atoms with Gasteiger partial charge in [0.25, 0.3) is 0 Å². The van der Waals surface area contributed by atoms with E-state index in [0.717, 1.165) is 70.4 Å². The molecule has 1 aliphatic heterocycles. The number of ether oxygens (including phenoxy) is 1. The normalized spacial score (nSPS) is 17.2. The van der Waals surface area contributed by atoms with Gasteiger partial charge in [0.2, 0.25) is 0 Å². The van der Waals surface area contributed by atoms with Crippen molar-refractivity contribution in [3.8, 4) is 0 Å². The van der Waals surface area contributed by atoms with Crippen LogP contribution in [0.2, 0.25) is 0 Å². The van der Waals surface area contributed by atoms with Gasteiger partial charge in [0.1, 0.15) is 0 Å². The molecule has 27 heavy (non-hydrogen) atoms. The molecular formula is C20H32N6O. The van der Waals surface area contributed by atoms with Gasteiger partial charge in [0.05, 0.1) is 37.1 Å². The van der Waals surface area contributed by atoms with Gasteiger partial charge in [-0.2, -0.15) is 0 Å². The lowest BCUT2D eigenvalue weighted by Crippen LogP contribution is -2.44. The van der Waals surface area contributed by atoms with Gasteiger partial charge in [0, 0.05) is 38.8 Å². The largest absolute Gasteiger partial charge is 0.379 e. The zero-order valence-electron chi connectivity index (χ0n) is 16.5. The van der Waals surface area contributed by atoms with Crippen LogP contribution in [0.1, 0.15) is 20.3 Å². The van der Waals surface area contributed by atoms with Crippen molar-refractivity contribution in [1.82, 2.24) is 25.1 Å². The number of hydrogen-bond acceptors (Lipinski definition) is 4. The van der Waals surface area contributed by atoms with Crippen molar-refractivity contribution in [2.24, 2.45) is 4.99 Å². The number of benzene rings is 1. The van der Waals surface area contributed by atoms with Crippen LogP contribution in [0.5, 0.6) is 0 Å². The fourth-order valence-electron chi connectivity index (χ4n) is 3.34. The van der Waals surface area contributed by atoms with E-state index in [9.17, 15) is 0 Å². The highest BCUT2D eigenvalue weighted by molar-refractivity contribution is 5.79. The lowest BCUT2D eigenvalue weighted by molar-refractivity contribution is 0.0220. The molecule has 1 aliphatic rings. The maximum atomic E-state index is 5.43. The average molecular weight is 373 g/mol.